The van der Waals surface area contributed by atoms with Gasteiger partial charge in [-0.2, -0.15) is 0 Å². The van der Waals surface area contributed by atoms with Gasteiger partial charge in [0.1, 0.15) is 0 Å². The molecule has 2 nitrogen and oxygen atoms in total. The molecule has 1 aliphatic carbocycles. The first-order valence-corrected chi connectivity index (χ1v) is 8.55. The molecule has 0 radical (unpaired) electrons. The van der Waals surface area contributed by atoms with Gasteiger partial charge in [0.25, 0.3) is 0 Å². The van der Waals surface area contributed by atoms with Gasteiger partial charge in [0, 0.05) is 24.0 Å². The molecule has 19 heavy (non-hydrogen) atoms. The third-order valence-electron chi connectivity index (χ3n) is 4.51. The van der Waals surface area contributed by atoms with E-state index in [2.05, 4.69) is 36.3 Å². The van der Waals surface area contributed by atoms with Crippen molar-refractivity contribution in [3.8, 4) is 0 Å². The highest BCUT2D eigenvalue weighted by Gasteiger charge is 2.26. The van der Waals surface area contributed by atoms with Gasteiger partial charge in [-0.25, -0.2) is 0 Å². The molecule has 1 fully saturated rings. The number of rotatable bonds is 6. The highest BCUT2D eigenvalue weighted by atomic mass is 32.1. The SMILES string of the molecule is CC(C)N(Cc1cccs1)CC1CCCCC1CN. The van der Waals surface area contributed by atoms with Gasteiger partial charge in [-0.15, -0.1) is 11.3 Å². The number of nitrogens with two attached hydrogens (primary N) is 1. The molecule has 1 aromatic rings. The van der Waals surface area contributed by atoms with Crippen molar-refractivity contribution in [2.75, 3.05) is 13.1 Å². The molecule has 3 heteroatoms. The monoisotopic (exact) mass is 280 g/mol. The Morgan fingerprint density at radius 3 is 2.63 bits per heavy atom. The van der Waals surface area contributed by atoms with Gasteiger partial charge in [-0.1, -0.05) is 18.9 Å². The van der Waals surface area contributed by atoms with Gasteiger partial charge in [0.2, 0.25) is 0 Å². The van der Waals surface area contributed by atoms with E-state index in [0.29, 0.717) is 6.04 Å². The Balaban J connectivity index is 1.95. The lowest BCUT2D eigenvalue weighted by atomic mass is 9.79. The first-order valence-electron chi connectivity index (χ1n) is 7.67. The average Bonchev–Trinajstić information content (AvgIpc) is 2.91. The van der Waals surface area contributed by atoms with Crippen LogP contribution in [0.5, 0.6) is 0 Å². The predicted octanol–water partition coefficient (Wildman–Crippen LogP) is 3.72. The number of hydrogen-bond donors (Lipinski definition) is 1. The Morgan fingerprint density at radius 2 is 2.05 bits per heavy atom. The van der Waals surface area contributed by atoms with Crippen LogP contribution in [0.2, 0.25) is 0 Å². The van der Waals surface area contributed by atoms with Crippen molar-refractivity contribution in [1.82, 2.24) is 4.90 Å². The minimum absolute atomic E-state index is 0.613. The van der Waals surface area contributed by atoms with Crippen LogP contribution in [0.1, 0.15) is 44.4 Å². The standard InChI is InChI=1S/C16H28N2S/c1-13(2)18(12-16-8-5-9-19-16)11-15-7-4-3-6-14(15)10-17/h5,8-9,13-15H,3-4,6-7,10-12,17H2,1-2H3. The van der Waals surface area contributed by atoms with E-state index in [1.807, 2.05) is 11.3 Å². The molecule has 1 aromatic heterocycles. The second-order valence-electron chi connectivity index (χ2n) is 6.14. The zero-order valence-corrected chi connectivity index (χ0v) is 13.2. The third-order valence-corrected chi connectivity index (χ3v) is 5.37. The molecule has 2 N–H and O–H groups in total. The van der Waals surface area contributed by atoms with Crippen molar-refractivity contribution < 1.29 is 0 Å². The van der Waals surface area contributed by atoms with Gasteiger partial charge in [-0.05, 0) is 56.5 Å². The van der Waals surface area contributed by atoms with E-state index in [4.69, 9.17) is 5.73 Å². The van der Waals surface area contributed by atoms with Gasteiger partial charge in [0.15, 0.2) is 0 Å². The molecule has 108 valence electrons. The van der Waals surface area contributed by atoms with E-state index in [1.165, 1.54) is 37.1 Å². The lowest BCUT2D eigenvalue weighted by molar-refractivity contribution is 0.125. The van der Waals surface area contributed by atoms with Gasteiger partial charge < -0.3 is 5.73 Å². The van der Waals surface area contributed by atoms with Crippen molar-refractivity contribution in [2.24, 2.45) is 17.6 Å². The Morgan fingerprint density at radius 1 is 1.32 bits per heavy atom. The highest BCUT2D eigenvalue weighted by Crippen LogP contribution is 2.31. The summed E-state index contributed by atoms with van der Waals surface area (Å²) in [6.07, 6.45) is 5.48. The van der Waals surface area contributed by atoms with E-state index in [1.54, 1.807) is 0 Å². The second-order valence-corrected chi connectivity index (χ2v) is 7.18. The minimum Gasteiger partial charge on any atom is -0.330 e. The summed E-state index contributed by atoms with van der Waals surface area (Å²) in [6.45, 7) is 7.82. The molecule has 0 aromatic carbocycles. The maximum absolute atomic E-state index is 5.97. The Labute approximate surface area is 122 Å². The van der Waals surface area contributed by atoms with E-state index in [9.17, 15) is 0 Å². The van der Waals surface area contributed by atoms with Crippen LogP contribution in [-0.2, 0) is 6.54 Å². The van der Waals surface area contributed by atoms with Gasteiger partial charge in [-0.3, -0.25) is 4.90 Å². The first-order chi connectivity index (χ1) is 9.20. The number of nitrogens with zero attached hydrogens (tertiary/aromatic N) is 1. The molecule has 0 spiro atoms. The molecule has 0 bridgehead atoms. The molecule has 0 aliphatic heterocycles. The summed E-state index contributed by atoms with van der Waals surface area (Å²) in [7, 11) is 0. The largest absolute Gasteiger partial charge is 0.330 e. The van der Waals surface area contributed by atoms with E-state index in [0.717, 1.165) is 24.9 Å². The minimum atomic E-state index is 0.613. The van der Waals surface area contributed by atoms with Crippen molar-refractivity contribution in [3.63, 3.8) is 0 Å². The topological polar surface area (TPSA) is 29.3 Å². The van der Waals surface area contributed by atoms with Crippen molar-refractivity contribution in [1.29, 1.82) is 0 Å². The second kappa shape index (κ2) is 7.41. The van der Waals surface area contributed by atoms with Crippen LogP contribution in [0.25, 0.3) is 0 Å². The summed E-state index contributed by atoms with van der Waals surface area (Å²) in [5.41, 5.74) is 5.97. The zero-order chi connectivity index (χ0) is 13.7. The summed E-state index contributed by atoms with van der Waals surface area (Å²) >= 11 is 1.87. The van der Waals surface area contributed by atoms with Gasteiger partial charge in [0.05, 0.1) is 0 Å². The fraction of sp³-hybridized carbons (Fsp3) is 0.750. The van der Waals surface area contributed by atoms with Crippen LogP contribution in [0, 0.1) is 11.8 Å². The molecule has 1 heterocycles. The van der Waals surface area contributed by atoms with Crippen LogP contribution in [0.15, 0.2) is 17.5 Å². The van der Waals surface area contributed by atoms with Crippen LogP contribution < -0.4 is 5.73 Å². The van der Waals surface area contributed by atoms with Crippen molar-refractivity contribution >= 4 is 11.3 Å². The maximum atomic E-state index is 5.97. The van der Waals surface area contributed by atoms with Crippen LogP contribution in [-0.4, -0.2) is 24.0 Å². The van der Waals surface area contributed by atoms with Crippen LogP contribution in [0.4, 0.5) is 0 Å². The lowest BCUT2D eigenvalue weighted by Crippen LogP contribution is -2.39. The Kier molecular flexibility index (Phi) is 5.86. The predicted molar refractivity (Wildman–Crippen MR) is 84.4 cm³/mol. The fourth-order valence-electron chi connectivity index (χ4n) is 3.20. The van der Waals surface area contributed by atoms with E-state index >= 15 is 0 Å². The highest BCUT2D eigenvalue weighted by molar-refractivity contribution is 7.09. The molecule has 2 rings (SSSR count). The maximum Gasteiger partial charge on any atom is 0.0330 e. The van der Waals surface area contributed by atoms with Crippen molar-refractivity contribution in [3.05, 3.63) is 22.4 Å². The third kappa shape index (κ3) is 4.30. The zero-order valence-electron chi connectivity index (χ0n) is 12.3. The van der Waals surface area contributed by atoms with Gasteiger partial charge >= 0.3 is 0 Å². The summed E-state index contributed by atoms with van der Waals surface area (Å²) in [6, 6.07) is 5.02. The molecule has 2 atom stereocenters. The Hall–Kier alpha value is -0.380. The van der Waals surface area contributed by atoms with E-state index < -0.39 is 0 Å². The molecule has 1 aliphatic rings. The summed E-state index contributed by atoms with van der Waals surface area (Å²) in [5.74, 6) is 1.56. The molecule has 2 unspecified atom stereocenters. The quantitative estimate of drug-likeness (QED) is 0.860. The summed E-state index contributed by atoms with van der Waals surface area (Å²) in [5, 5.41) is 2.18. The molecular formula is C16H28N2S. The van der Waals surface area contributed by atoms with Crippen molar-refractivity contribution in [2.45, 2.75) is 52.1 Å². The molecule has 1 saturated carbocycles. The average molecular weight is 280 g/mol. The molecular weight excluding hydrogens is 252 g/mol. The Bertz CT molecular complexity index is 348. The lowest BCUT2D eigenvalue weighted by Gasteiger charge is -2.36. The smallest absolute Gasteiger partial charge is 0.0330 e. The number of thiophene rings is 1. The normalized spacial score (nSPS) is 24.3. The molecule has 0 saturated heterocycles. The van der Waals surface area contributed by atoms with E-state index in [-0.39, 0.29) is 0 Å². The summed E-state index contributed by atoms with van der Waals surface area (Å²) < 4.78 is 0. The number of hydrogen-bond acceptors (Lipinski definition) is 3. The van der Waals surface area contributed by atoms with Crippen LogP contribution in [0.3, 0.4) is 0 Å². The summed E-state index contributed by atoms with van der Waals surface area (Å²) in [4.78, 5) is 4.11. The van der Waals surface area contributed by atoms with Crippen LogP contribution >= 0.6 is 11.3 Å². The first kappa shape index (κ1) is 15.0. The molecule has 0 amide bonds. The fourth-order valence-corrected chi connectivity index (χ4v) is 3.93.